The van der Waals surface area contributed by atoms with Crippen LogP contribution in [0.15, 0.2) is 60.7 Å². The van der Waals surface area contributed by atoms with Gasteiger partial charge in [-0.1, -0.05) is 82.8 Å². The molecule has 0 bridgehead atoms. The highest BCUT2D eigenvalue weighted by Crippen LogP contribution is 2.14. The van der Waals surface area contributed by atoms with Crippen LogP contribution >= 0.6 is 0 Å². The number of rotatable bonds is 14. The van der Waals surface area contributed by atoms with Crippen LogP contribution in [0.5, 0.6) is 11.5 Å². The lowest BCUT2D eigenvalue weighted by atomic mass is 10.1. The van der Waals surface area contributed by atoms with E-state index in [4.69, 9.17) is 9.47 Å². The smallest absolute Gasteiger partial charge is 0.119 e. The van der Waals surface area contributed by atoms with Gasteiger partial charge >= 0.3 is 0 Å². The third kappa shape index (κ3) is 11.3. The van der Waals surface area contributed by atoms with Crippen LogP contribution in [0.2, 0.25) is 0 Å². The Morgan fingerprint density at radius 1 is 0.613 bits per heavy atom. The summed E-state index contributed by atoms with van der Waals surface area (Å²) in [5, 5.41) is 0. The summed E-state index contributed by atoms with van der Waals surface area (Å²) in [5.41, 5.74) is 1.97. The number of hydrogen-bond donors (Lipinski definition) is 0. The summed E-state index contributed by atoms with van der Waals surface area (Å²) in [7, 11) is 0. The van der Waals surface area contributed by atoms with Crippen molar-refractivity contribution in [2.24, 2.45) is 0 Å². The van der Waals surface area contributed by atoms with Crippen LogP contribution in [0.4, 0.5) is 0 Å². The van der Waals surface area contributed by atoms with Crippen LogP contribution in [0, 0.1) is 11.8 Å². The normalized spacial score (nSPS) is 10.6. The van der Waals surface area contributed by atoms with Crippen LogP contribution < -0.4 is 9.47 Å². The molecule has 0 aliphatic rings. The zero-order chi connectivity index (χ0) is 22.0. The number of ether oxygens (including phenoxy) is 2. The summed E-state index contributed by atoms with van der Waals surface area (Å²) in [6.45, 7) is 5.83. The summed E-state index contributed by atoms with van der Waals surface area (Å²) in [4.78, 5) is 0. The molecule has 0 heterocycles. The van der Waals surface area contributed by atoms with Gasteiger partial charge in [0.25, 0.3) is 0 Å². The first kappa shape index (κ1) is 24.6. The molecule has 0 atom stereocenters. The molecule has 0 radical (unpaired) electrons. The quantitative estimate of drug-likeness (QED) is 0.176. The van der Waals surface area contributed by atoms with Crippen molar-refractivity contribution < 1.29 is 9.47 Å². The number of benzene rings is 2. The van der Waals surface area contributed by atoms with Gasteiger partial charge in [-0.2, -0.15) is 0 Å². The van der Waals surface area contributed by atoms with E-state index in [-0.39, 0.29) is 0 Å². The summed E-state index contributed by atoms with van der Waals surface area (Å²) < 4.78 is 11.6. The molecule has 0 saturated heterocycles. The minimum atomic E-state index is 0.610. The van der Waals surface area contributed by atoms with Gasteiger partial charge in [0.05, 0.1) is 6.61 Å². The van der Waals surface area contributed by atoms with Gasteiger partial charge in [-0.15, -0.1) is 0 Å². The second kappa shape index (κ2) is 16.1. The number of hydrogen-bond acceptors (Lipinski definition) is 2. The Bertz CT molecular complexity index is 791. The highest BCUT2D eigenvalue weighted by molar-refractivity contribution is 5.45. The van der Waals surface area contributed by atoms with Gasteiger partial charge in [0.15, 0.2) is 0 Å². The number of allylic oxidation sites excluding steroid dienone is 1. The lowest BCUT2D eigenvalue weighted by molar-refractivity contribution is 0.304. The molecule has 0 saturated carbocycles. The molecular formula is C29H38O2. The third-order valence-electron chi connectivity index (χ3n) is 5.04. The fourth-order valence-electron chi connectivity index (χ4n) is 3.16. The summed E-state index contributed by atoms with van der Waals surface area (Å²) >= 11 is 0. The molecule has 0 aliphatic heterocycles. The van der Waals surface area contributed by atoms with E-state index in [9.17, 15) is 0 Å². The maximum absolute atomic E-state index is 5.85. The van der Waals surface area contributed by atoms with Crippen LogP contribution in [-0.4, -0.2) is 13.2 Å². The average molecular weight is 419 g/mol. The van der Waals surface area contributed by atoms with Crippen molar-refractivity contribution in [1.82, 2.24) is 0 Å². The highest BCUT2D eigenvalue weighted by Gasteiger charge is 1.96. The van der Waals surface area contributed by atoms with Gasteiger partial charge < -0.3 is 9.47 Å². The molecule has 2 rings (SSSR count). The van der Waals surface area contributed by atoms with Crippen LogP contribution in [0.1, 0.15) is 82.8 Å². The Balaban J connectivity index is 1.69. The second-order valence-corrected chi connectivity index (χ2v) is 7.84. The fraction of sp³-hybridized carbons (Fsp3) is 0.448. The topological polar surface area (TPSA) is 18.5 Å². The van der Waals surface area contributed by atoms with Crippen molar-refractivity contribution >= 4 is 0 Å². The molecule has 0 N–H and O–H groups in total. The molecule has 0 fully saturated rings. The minimum absolute atomic E-state index is 0.610. The van der Waals surface area contributed by atoms with Crippen molar-refractivity contribution in [3.8, 4) is 23.3 Å². The van der Waals surface area contributed by atoms with Gasteiger partial charge in [0, 0.05) is 11.1 Å². The average Bonchev–Trinajstić information content (AvgIpc) is 2.81. The lowest BCUT2D eigenvalue weighted by Crippen LogP contribution is -1.97. The molecule has 2 aromatic rings. The van der Waals surface area contributed by atoms with E-state index in [0.717, 1.165) is 42.1 Å². The minimum Gasteiger partial charge on any atom is -0.494 e. The first-order chi connectivity index (χ1) is 15.3. The lowest BCUT2D eigenvalue weighted by Gasteiger charge is -2.06. The van der Waals surface area contributed by atoms with E-state index in [1.54, 1.807) is 0 Å². The van der Waals surface area contributed by atoms with Gasteiger partial charge in [-0.05, 0) is 61.4 Å². The summed E-state index contributed by atoms with van der Waals surface area (Å²) in [6, 6.07) is 16.0. The van der Waals surface area contributed by atoms with E-state index in [1.807, 2.05) is 48.5 Å². The maximum atomic E-state index is 5.85. The standard InChI is InChI=1S/C29H38O2/c1-3-5-7-9-10-11-13-25-31-29-22-18-27(19-23-29)15-14-26-16-20-28(21-17-26)30-24-12-8-6-4-2/h8,12,16-23H,3-7,9-11,13,24-25H2,1-2H3. The van der Waals surface area contributed by atoms with Gasteiger partial charge in [-0.25, -0.2) is 0 Å². The molecule has 0 unspecified atom stereocenters. The van der Waals surface area contributed by atoms with Gasteiger partial charge in [0.1, 0.15) is 18.1 Å². The second-order valence-electron chi connectivity index (χ2n) is 7.84. The van der Waals surface area contributed by atoms with Crippen molar-refractivity contribution in [1.29, 1.82) is 0 Å². The molecule has 31 heavy (non-hydrogen) atoms. The molecule has 166 valence electrons. The zero-order valence-corrected chi connectivity index (χ0v) is 19.4. The Labute approximate surface area is 189 Å². The molecular weight excluding hydrogens is 380 g/mol. The molecule has 0 aliphatic carbocycles. The third-order valence-corrected chi connectivity index (χ3v) is 5.04. The van der Waals surface area contributed by atoms with Crippen LogP contribution in [0.3, 0.4) is 0 Å². The van der Waals surface area contributed by atoms with Crippen molar-refractivity contribution in [2.45, 2.75) is 71.6 Å². The van der Waals surface area contributed by atoms with Crippen LogP contribution in [0.25, 0.3) is 0 Å². The van der Waals surface area contributed by atoms with E-state index in [1.165, 1.54) is 44.9 Å². The molecule has 0 amide bonds. The maximum Gasteiger partial charge on any atom is 0.119 e. The van der Waals surface area contributed by atoms with Gasteiger partial charge in [0.2, 0.25) is 0 Å². The van der Waals surface area contributed by atoms with Gasteiger partial charge in [-0.3, -0.25) is 0 Å². The number of unbranched alkanes of at least 4 members (excludes halogenated alkanes) is 7. The molecule has 2 heteroatoms. The highest BCUT2D eigenvalue weighted by atomic mass is 16.5. The Morgan fingerprint density at radius 2 is 1.16 bits per heavy atom. The zero-order valence-electron chi connectivity index (χ0n) is 19.4. The fourth-order valence-corrected chi connectivity index (χ4v) is 3.16. The van der Waals surface area contributed by atoms with E-state index in [2.05, 4.69) is 37.8 Å². The summed E-state index contributed by atoms with van der Waals surface area (Å²) in [5.74, 6) is 8.22. The van der Waals surface area contributed by atoms with E-state index >= 15 is 0 Å². The molecule has 2 aromatic carbocycles. The Hall–Kier alpha value is -2.66. The predicted molar refractivity (Wildman–Crippen MR) is 132 cm³/mol. The van der Waals surface area contributed by atoms with Crippen molar-refractivity contribution in [2.75, 3.05) is 13.2 Å². The SMILES string of the molecule is CCCC=CCOc1ccc(C#Cc2ccc(OCCCCCCCCC)cc2)cc1. The molecule has 0 aromatic heterocycles. The molecule has 2 nitrogen and oxygen atoms in total. The van der Waals surface area contributed by atoms with Crippen molar-refractivity contribution in [3.63, 3.8) is 0 Å². The largest absolute Gasteiger partial charge is 0.494 e. The van der Waals surface area contributed by atoms with E-state index < -0.39 is 0 Å². The summed E-state index contributed by atoms with van der Waals surface area (Å²) in [6.07, 6.45) is 15.6. The Kier molecular flexibility index (Phi) is 12.8. The van der Waals surface area contributed by atoms with Crippen LogP contribution in [-0.2, 0) is 0 Å². The predicted octanol–water partition coefficient (Wildman–Crippen LogP) is 7.95. The van der Waals surface area contributed by atoms with E-state index in [0.29, 0.717) is 6.61 Å². The first-order valence-corrected chi connectivity index (χ1v) is 11.9. The first-order valence-electron chi connectivity index (χ1n) is 11.9. The monoisotopic (exact) mass is 418 g/mol. The van der Waals surface area contributed by atoms with Crippen molar-refractivity contribution in [3.05, 3.63) is 71.8 Å². The molecule has 0 spiro atoms. The Morgan fingerprint density at radius 3 is 1.74 bits per heavy atom.